The molecule has 4 heteroatoms. The van der Waals surface area contributed by atoms with Gasteiger partial charge < -0.3 is 4.74 Å². The van der Waals surface area contributed by atoms with E-state index in [1.165, 1.54) is 38.5 Å². The summed E-state index contributed by atoms with van der Waals surface area (Å²) in [5, 5.41) is 0. The number of hydrogen-bond donors (Lipinski definition) is 0. The highest BCUT2D eigenvalue weighted by Crippen LogP contribution is 2.45. The largest absolute Gasteiger partial charge is 0.490 e. The van der Waals surface area contributed by atoms with Crippen molar-refractivity contribution in [2.75, 3.05) is 6.61 Å². The van der Waals surface area contributed by atoms with E-state index in [9.17, 15) is 8.78 Å². The van der Waals surface area contributed by atoms with Crippen molar-refractivity contribution in [3.8, 4) is 5.75 Å². The van der Waals surface area contributed by atoms with Crippen molar-refractivity contribution >= 4 is 22.6 Å². The van der Waals surface area contributed by atoms with Crippen LogP contribution in [0.2, 0.25) is 0 Å². The monoisotopic (exact) mass is 474 g/mol. The van der Waals surface area contributed by atoms with Crippen molar-refractivity contribution in [2.45, 2.75) is 74.1 Å². The van der Waals surface area contributed by atoms with Gasteiger partial charge in [-0.25, -0.2) is 4.39 Å². The molecule has 4 rings (SSSR count). The van der Waals surface area contributed by atoms with E-state index in [0.29, 0.717) is 18.1 Å². The Bertz CT molecular complexity index is 615. The molecular weight excluding hydrogens is 445 g/mol. The first kappa shape index (κ1) is 18.9. The van der Waals surface area contributed by atoms with Crippen LogP contribution in [0.25, 0.3) is 0 Å². The molecule has 3 aliphatic rings. The molecule has 1 nitrogen and oxygen atoms in total. The van der Waals surface area contributed by atoms with E-state index in [2.05, 4.69) is 22.6 Å². The first-order valence-electron chi connectivity index (χ1n) is 10.4. The summed E-state index contributed by atoms with van der Waals surface area (Å²) >= 11 is 2.58. The van der Waals surface area contributed by atoms with Crippen LogP contribution in [0.4, 0.5) is 8.78 Å². The molecule has 0 amide bonds. The summed E-state index contributed by atoms with van der Waals surface area (Å²) in [6.45, 7) is 0.514. The second-order valence-electron chi connectivity index (χ2n) is 8.66. The van der Waals surface area contributed by atoms with Crippen LogP contribution in [0.1, 0.15) is 75.7 Å². The lowest BCUT2D eigenvalue weighted by Gasteiger charge is -2.37. The predicted octanol–water partition coefficient (Wildman–Crippen LogP) is 7.02. The SMILES string of the molecule is Fc1c(OCC2CC2)ccc(C2CCC(C3CCC(I)CC3)CC2)c1F. The summed E-state index contributed by atoms with van der Waals surface area (Å²) in [6.07, 6.45) is 12.0. The molecule has 0 saturated heterocycles. The third-order valence-corrected chi connectivity index (χ3v) is 8.07. The lowest BCUT2D eigenvalue weighted by molar-refractivity contribution is 0.188. The fraction of sp³-hybridized carbons (Fsp3) is 0.727. The molecule has 0 aliphatic heterocycles. The lowest BCUT2D eigenvalue weighted by Crippen LogP contribution is -2.25. The van der Waals surface area contributed by atoms with Gasteiger partial charge in [-0.15, -0.1) is 0 Å². The van der Waals surface area contributed by atoms with Crippen molar-refractivity contribution in [3.05, 3.63) is 29.3 Å². The zero-order chi connectivity index (χ0) is 18.1. The van der Waals surface area contributed by atoms with E-state index in [1.807, 2.05) is 0 Å². The van der Waals surface area contributed by atoms with Crippen LogP contribution in [-0.4, -0.2) is 10.5 Å². The van der Waals surface area contributed by atoms with E-state index in [1.54, 1.807) is 12.1 Å². The van der Waals surface area contributed by atoms with Gasteiger partial charge in [0.1, 0.15) is 0 Å². The van der Waals surface area contributed by atoms with E-state index in [0.717, 1.165) is 41.4 Å². The average Bonchev–Trinajstić information content (AvgIpc) is 3.48. The van der Waals surface area contributed by atoms with Gasteiger partial charge in [0.25, 0.3) is 0 Å². The van der Waals surface area contributed by atoms with Gasteiger partial charge in [0.05, 0.1) is 6.61 Å². The first-order valence-corrected chi connectivity index (χ1v) is 11.6. The van der Waals surface area contributed by atoms with Gasteiger partial charge in [-0.05, 0) is 99.5 Å². The number of hydrogen-bond acceptors (Lipinski definition) is 1. The highest BCUT2D eigenvalue weighted by molar-refractivity contribution is 14.1. The van der Waals surface area contributed by atoms with E-state index in [4.69, 9.17) is 4.74 Å². The Hall–Kier alpha value is -0.390. The van der Waals surface area contributed by atoms with Crippen molar-refractivity contribution in [1.82, 2.24) is 0 Å². The molecule has 3 saturated carbocycles. The molecule has 0 spiro atoms. The van der Waals surface area contributed by atoms with Gasteiger partial charge in [-0.2, -0.15) is 4.39 Å². The van der Waals surface area contributed by atoms with Crippen molar-refractivity contribution in [3.63, 3.8) is 0 Å². The van der Waals surface area contributed by atoms with E-state index >= 15 is 0 Å². The van der Waals surface area contributed by atoms with Crippen LogP contribution in [0.15, 0.2) is 12.1 Å². The van der Waals surface area contributed by atoms with Crippen LogP contribution in [0.3, 0.4) is 0 Å². The highest BCUT2D eigenvalue weighted by atomic mass is 127. The summed E-state index contributed by atoms with van der Waals surface area (Å²) in [6, 6.07) is 3.41. The Balaban J connectivity index is 1.35. The van der Waals surface area contributed by atoms with Crippen molar-refractivity contribution < 1.29 is 13.5 Å². The molecule has 0 heterocycles. The van der Waals surface area contributed by atoms with Gasteiger partial charge in [0.15, 0.2) is 11.6 Å². The number of halogens is 3. The van der Waals surface area contributed by atoms with E-state index < -0.39 is 11.6 Å². The molecule has 1 aromatic carbocycles. The van der Waals surface area contributed by atoms with Crippen LogP contribution in [-0.2, 0) is 0 Å². The maximum Gasteiger partial charge on any atom is 0.200 e. The topological polar surface area (TPSA) is 9.23 Å². The Kier molecular flexibility index (Phi) is 6.06. The maximum atomic E-state index is 14.6. The summed E-state index contributed by atoms with van der Waals surface area (Å²) in [5.74, 6) is 0.986. The maximum absolute atomic E-state index is 14.6. The standard InChI is InChI=1S/C22H29F2IO/c23-21-19(11-12-20(22(21)24)26-13-14-1-2-14)17-5-3-15(4-6-17)16-7-9-18(25)10-8-16/h11-12,14-18H,1-10,13H2. The number of benzene rings is 1. The van der Waals surface area contributed by atoms with Crippen LogP contribution < -0.4 is 4.74 Å². The zero-order valence-electron chi connectivity index (χ0n) is 15.4. The van der Waals surface area contributed by atoms with Gasteiger partial charge in [0, 0.05) is 3.92 Å². The van der Waals surface area contributed by atoms with Crippen LogP contribution in [0, 0.1) is 29.4 Å². The molecule has 0 radical (unpaired) electrons. The quantitative estimate of drug-likeness (QED) is 0.329. The number of ether oxygens (including phenoxy) is 1. The summed E-state index contributed by atoms with van der Waals surface area (Å²) in [7, 11) is 0. The Morgan fingerprint density at radius 1 is 0.808 bits per heavy atom. The molecule has 3 fully saturated rings. The van der Waals surface area contributed by atoms with E-state index in [-0.39, 0.29) is 11.7 Å². The molecule has 0 aromatic heterocycles. The normalized spacial score (nSPS) is 32.4. The van der Waals surface area contributed by atoms with Crippen molar-refractivity contribution in [2.24, 2.45) is 17.8 Å². The Labute approximate surface area is 169 Å². The summed E-state index contributed by atoms with van der Waals surface area (Å²) in [4.78, 5) is 0. The second-order valence-corrected chi connectivity index (χ2v) is 10.4. The van der Waals surface area contributed by atoms with Gasteiger partial charge >= 0.3 is 0 Å². The predicted molar refractivity (Wildman–Crippen MR) is 109 cm³/mol. The zero-order valence-corrected chi connectivity index (χ0v) is 17.5. The number of alkyl halides is 1. The Morgan fingerprint density at radius 3 is 2.04 bits per heavy atom. The minimum Gasteiger partial charge on any atom is -0.490 e. The summed E-state index contributed by atoms with van der Waals surface area (Å²) < 4.78 is 35.3. The molecule has 0 bridgehead atoms. The third kappa shape index (κ3) is 4.36. The first-order chi connectivity index (χ1) is 12.6. The minimum absolute atomic E-state index is 0.0856. The fourth-order valence-corrected chi connectivity index (χ4v) is 5.64. The molecule has 0 atom stereocenters. The molecule has 3 aliphatic carbocycles. The molecule has 0 unspecified atom stereocenters. The second kappa shape index (κ2) is 8.32. The Morgan fingerprint density at radius 2 is 1.42 bits per heavy atom. The van der Waals surface area contributed by atoms with Gasteiger partial charge in [-0.3, -0.25) is 0 Å². The average molecular weight is 474 g/mol. The number of rotatable bonds is 5. The van der Waals surface area contributed by atoms with Crippen molar-refractivity contribution in [1.29, 1.82) is 0 Å². The lowest BCUT2D eigenvalue weighted by atomic mass is 9.70. The molecule has 26 heavy (non-hydrogen) atoms. The minimum atomic E-state index is -0.786. The fourth-order valence-electron chi connectivity index (χ4n) is 4.92. The van der Waals surface area contributed by atoms with Crippen LogP contribution >= 0.6 is 22.6 Å². The third-order valence-electron chi connectivity index (χ3n) is 6.83. The highest BCUT2D eigenvalue weighted by Gasteiger charge is 2.32. The molecular formula is C22H29F2IO. The van der Waals surface area contributed by atoms with Crippen LogP contribution in [0.5, 0.6) is 5.75 Å². The summed E-state index contributed by atoms with van der Waals surface area (Å²) in [5.41, 5.74) is 0.565. The molecule has 1 aromatic rings. The van der Waals surface area contributed by atoms with Gasteiger partial charge in [0.2, 0.25) is 5.82 Å². The molecule has 0 N–H and O–H groups in total. The van der Waals surface area contributed by atoms with Gasteiger partial charge in [-0.1, -0.05) is 28.7 Å². The smallest absolute Gasteiger partial charge is 0.200 e. The molecule has 144 valence electrons.